The molecule has 0 radical (unpaired) electrons. The minimum atomic E-state index is -1.28. The molecule has 4 N–H and O–H groups in total. The summed E-state index contributed by atoms with van der Waals surface area (Å²) in [4.78, 5) is 10.8. The van der Waals surface area contributed by atoms with E-state index in [1.54, 1.807) is 0 Å². The molecule has 0 fully saturated rings. The lowest BCUT2D eigenvalue weighted by atomic mass is 10.1. The van der Waals surface area contributed by atoms with E-state index in [0.29, 0.717) is 0 Å². The molecule has 0 spiro atoms. The van der Waals surface area contributed by atoms with Gasteiger partial charge in [0.1, 0.15) is 5.82 Å². The first kappa shape index (κ1) is 12.4. The zero-order valence-corrected chi connectivity index (χ0v) is 8.35. The number of hydrogen-bond donors (Lipinski definition) is 4. The predicted molar refractivity (Wildman–Crippen MR) is 54.9 cm³/mol. The van der Waals surface area contributed by atoms with E-state index < -0.39 is 17.8 Å². The van der Waals surface area contributed by atoms with Crippen LogP contribution < -0.4 is 5.32 Å². The molecular weight excluding hydrogens is 217 g/mol. The highest BCUT2D eigenvalue weighted by Crippen LogP contribution is 2.17. The second kappa shape index (κ2) is 5.43. The number of carbonyl (C=O) groups is 1. The highest BCUT2D eigenvalue weighted by molar-refractivity contribution is 5.94. The first-order valence-electron chi connectivity index (χ1n) is 4.59. The lowest BCUT2D eigenvalue weighted by molar-refractivity contribution is 0.0697. The monoisotopic (exact) mass is 229 g/mol. The second-order valence-corrected chi connectivity index (χ2v) is 3.20. The van der Waals surface area contributed by atoms with Crippen LogP contribution in [0.4, 0.5) is 10.1 Å². The van der Waals surface area contributed by atoms with Crippen molar-refractivity contribution in [3.05, 3.63) is 29.6 Å². The van der Waals surface area contributed by atoms with Gasteiger partial charge < -0.3 is 20.6 Å². The van der Waals surface area contributed by atoms with Crippen LogP contribution in [-0.2, 0) is 0 Å². The molecule has 88 valence electrons. The lowest BCUT2D eigenvalue weighted by Gasteiger charge is -2.16. The number of benzene rings is 1. The minimum absolute atomic E-state index is 0.155. The summed E-state index contributed by atoms with van der Waals surface area (Å²) in [6, 6.07) is 2.54. The van der Waals surface area contributed by atoms with E-state index in [1.807, 2.05) is 0 Å². The summed E-state index contributed by atoms with van der Waals surface area (Å²) < 4.78 is 12.8. The maximum absolute atomic E-state index is 12.8. The third-order valence-corrected chi connectivity index (χ3v) is 2.01. The molecular formula is C10H12FNO4. The first-order chi connectivity index (χ1) is 7.58. The zero-order chi connectivity index (χ0) is 12.1. The Hall–Kier alpha value is -1.66. The number of carboxylic acid groups (broad SMARTS) is 1. The van der Waals surface area contributed by atoms with Crippen LogP contribution in [-0.4, -0.2) is 40.5 Å². The van der Waals surface area contributed by atoms with Crippen LogP contribution in [0.1, 0.15) is 10.4 Å². The van der Waals surface area contributed by atoms with Crippen molar-refractivity contribution >= 4 is 11.7 Å². The number of hydrogen-bond acceptors (Lipinski definition) is 4. The molecule has 0 aromatic heterocycles. The molecule has 6 heteroatoms. The van der Waals surface area contributed by atoms with Gasteiger partial charge in [0.2, 0.25) is 0 Å². The summed E-state index contributed by atoms with van der Waals surface area (Å²) in [7, 11) is 0. The molecule has 0 aliphatic carbocycles. The first-order valence-corrected chi connectivity index (χ1v) is 4.59. The topological polar surface area (TPSA) is 89.8 Å². The number of halogens is 1. The van der Waals surface area contributed by atoms with Crippen molar-refractivity contribution in [2.45, 2.75) is 6.04 Å². The predicted octanol–water partition coefficient (Wildman–Crippen LogP) is 0.289. The van der Waals surface area contributed by atoms with Crippen LogP contribution in [0.3, 0.4) is 0 Å². The molecule has 1 aromatic carbocycles. The van der Waals surface area contributed by atoms with Crippen molar-refractivity contribution in [1.82, 2.24) is 0 Å². The standard InChI is InChI=1S/C10H12FNO4/c11-6-1-2-9(8(3-6)10(15)16)12-7(4-13)5-14/h1-3,7,12-14H,4-5H2,(H,15,16). The summed E-state index contributed by atoms with van der Waals surface area (Å²) >= 11 is 0. The molecule has 0 aliphatic rings. The third-order valence-electron chi connectivity index (χ3n) is 2.01. The van der Waals surface area contributed by atoms with Crippen molar-refractivity contribution in [3.63, 3.8) is 0 Å². The van der Waals surface area contributed by atoms with Crippen LogP contribution in [0.5, 0.6) is 0 Å². The van der Waals surface area contributed by atoms with Gasteiger partial charge >= 0.3 is 5.97 Å². The Kier molecular flexibility index (Phi) is 4.21. The Bertz CT molecular complexity index is 379. The van der Waals surface area contributed by atoms with Gasteiger partial charge in [0, 0.05) is 5.69 Å². The van der Waals surface area contributed by atoms with E-state index >= 15 is 0 Å². The molecule has 0 unspecified atom stereocenters. The Morgan fingerprint density at radius 2 is 2.00 bits per heavy atom. The Balaban J connectivity index is 2.98. The molecule has 0 atom stereocenters. The van der Waals surface area contributed by atoms with Gasteiger partial charge in [0.25, 0.3) is 0 Å². The number of aliphatic hydroxyl groups excluding tert-OH is 2. The summed E-state index contributed by atoms with van der Waals surface area (Å²) in [6.07, 6.45) is 0. The molecule has 1 aromatic rings. The van der Waals surface area contributed by atoms with Crippen LogP contribution in [0.25, 0.3) is 0 Å². The van der Waals surface area contributed by atoms with E-state index in [4.69, 9.17) is 15.3 Å². The van der Waals surface area contributed by atoms with Crippen molar-refractivity contribution < 1.29 is 24.5 Å². The average molecular weight is 229 g/mol. The fourth-order valence-electron chi connectivity index (χ4n) is 1.19. The largest absolute Gasteiger partial charge is 0.478 e. The molecule has 1 rings (SSSR count). The van der Waals surface area contributed by atoms with Gasteiger partial charge in [-0.1, -0.05) is 0 Å². The highest BCUT2D eigenvalue weighted by atomic mass is 19.1. The van der Waals surface area contributed by atoms with E-state index in [1.165, 1.54) is 6.07 Å². The number of aromatic carboxylic acids is 1. The van der Waals surface area contributed by atoms with Gasteiger partial charge in [-0.2, -0.15) is 0 Å². The van der Waals surface area contributed by atoms with Gasteiger partial charge in [-0.25, -0.2) is 9.18 Å². The number of anilines is 1. The summed E-state index contributed by atoms with van der Waals surface area (Å²) in [5, 5.41) is 29.1. The molecule has 5 nitrogen and oxygen atoms in total. The Morgan fingerprint density at radius 3 is 2.50 bits per heavy atom. The summed E-state index contributed by atoms with van der Waals surface area (Å²) in [6.45, 7) is -0.708. The van der Waals surface area contributed by atoms with Gasteiger partial charge in [-0.3, -0.25) is 0 Å². The van der Waals surface area contributed by atoms with Crippen molar-refractivity contribution in [3.8, 4) is 0 Å². The maximum Gasteiger partial charge on any atom is 0.337 e. The smallest absolute Gasteiger partial charge is 0.337 e. The number of rotatable bonds is 5. The molecule has 0 bridgehead atoms. The van der Waals surface area contributed by atoms with Crippen LogP contribution in [0.2, 0.25) is 0 Å². The van der Waals surface area contributed by atoms with E-state index in [9.17, 15) is 9.18 Å². The van der Waals surface area contributed by atoms with E-state index in [-0.39, 0.29) is 24.5 Å². The molecule has 0 aliphatic heterocycles. The van der Waals surface area contributed by atoms with Crippen molar-refractivity contribution in [2.75, 3.05) is 18.5 Å². The second-order valence-electron chi connectivity index (χ2n) is 3.20. The van der Waals surface area contributed by atoms with Gasteiger partial charge in [0.05, 0.1) is 24.8 Å². The minimum Gasteiger partial charge on any atom is -0.478 e. The highest BCUT2D eigenvalue weighted by Gasteiger charge is 2.14. The van der Waals surface area contributed by atoms with Crippen LogP contribution in [0.15, 0.2) is 18.2 Å². The molecule has 0 saturated heterocycles. The lowest BCUT2D eigenvalue weighted by Crippen LogP contribution is -2.28. The van der Waals surface area contributed by atoms with Gasteiger partial charge in [-0.15, -0.1) is 0 Å². The number of nitrogens with one attached hydrogen (secondary N) is 1. The summed E-state index contributed by atoms with van der Waals surface area (Å²) in [5.74, 6) is -1.94. The maximum atomic E-state index is 12.8. The Morgan fingerprint density at radius 1 is 1.38 bits per heavy atom. The van der Waals surface area contributed by atoms with Gasteiger partial charge in [-0.05, 0) is 18.2 Å². The summed E-state index contributed by atoms with van der Waals surface area (Å²) in [5.41, 5.74) is -0.0890. The normalized spacial score (nSPS) is 10.5. The Labute approximate surface area is 91.2 Å². The third kappa shape index (κ3) is 2.91. The van der Waals surface area contributed by atoms with Crippen LogP contribution in [0, 0.1) is 5.82 Å². The molecule has 0 amide bonds. The SMILES string of the molecule is O=C(O)c1cc(F)ccc1NC(CO)CO. The fourth-order valence-corrected chi connectivity index (χ4v) is 1.19. The average Bonchev–Trinajstić information content (AvgIpc) is 2.27. The van der Waals surface area contributed by atoms with Gasteiger partial charge in [0.15, 0.2) is 0 Å². The van der Waals surface area contributed by atoms with E-state index in [0.717, 1.165) is 12.1 Å². The van der Waals surface area contributed by atoms with Crippen molar-refractivity contribution in [1.29, 1.82) is 0 Å². The fraction of sp³-hybridized carbons (Fsp3) is 0.300. The van der Waals surface area contributed by atoms with E-state index in [2.05, 4.69) is 5.32 Å². The zero-order valence-electron chi connectivity index (χ0n) is 8.35. The molecule has 0 saturated carbocycles. The molecule has 16 heavy (non-hydrogen) atoms. The number of carboxylic acids is 1. The van der Waals surface area contributed by atoms with Crippen molar-refractivity contribution in [2.24, 2.45) is 0 Å². The quantitative estimate of drug-likeness (QED) is 0.582. The molecule has 0 heterocycles. The van der Waals surface area contributed by atoms with Crippen LogP contribution >= 0.6 is 0 Å². The number of aliphatic hydroxyl groups is 2.